The summed E-state index contributed by atoms with van der Waals surface area (Å²) in [6, 6.07) is 2.33. The first-order valence-electron chi connectivity index (χ1n) is 16.9. The van der Waals surface area contributed by atoms with E-state index in [9.17, 15) is 14.0 Å². The lowest BCUT2D eigenvalue weighted by Gasteiger charge is -2.39. The van der Waals surface area contributed by atoms with Crippen LogP contribution >= 0.6 is 0 Å². The fraction of sp³-hybridized carbons (Fsp3) is 0.697. The Balaban J connectivity index is 1.08. The fourth-order valence-corrected chi connectivity index (χ4v) is 7.33. The zero-order valence-corrected chi connectivity index (χ0v) is 27.5. The highest BCUT2D eigenvalue weighted by Crippen LogP contribution is 2.38. The Bertz CT molecular complexity index is 1400. The minimum Gasteiger partial charge on any atom is -0.444 e. The summed E-state index contributed by atoms with van der Waals surface area (Å²) in [6.07, 6.45) is 8.98. The first kappa shape index (κ1) is 32.5. The molecule has 2 N–H and O–H groups in total. The maximum atomic E-state index is 13.8. The van der Waals surface area contributed by atoms with Crippen molar-refractivity contribution in [3.8, 4) is 0 Å². The average Bonchev–Trinajstić information content (AvgIpc) is 3.72. The van der Waals surface area contributed by atoms with Crippen molar-refractivity contribution in [2.24, 2.45) is 5.92 Å². The molecule has 4 aliphatic heterocycles. The Morgan fingerprint density at radius 1 is 1.17 bits per heavy atom. The minimum atomic E-state index is -1.20. The number of amides is 2. The molecule has 2 aromatic heterocycles. The van der Waals surface area contributed by atoms with Crippen molar-refractivity contribution in [3.05, 3.63) is 30.0 Å². The molecule has 46 heavy (non-hydrogen) atoms. The van der Waals surface area contributed by atoms with Crippen molar-refractivity contribution < 1.29 is 23.5 Å². The van der Waals surface area contributed by atoms with Gasteiger partial charge in [0.1, 0.15) is 17.7 Å². The summed E-state index contributed by atoms with van der Waals surface area (Å²) >= 11 is 0. The SMILES string of the molecule is CC(C)c1cnn2c(NC3C[C@H]4CC[C@H](C3)N4C(=O)O[C@@H]3CCN(C(=O)/C=C/CN(C)C)C3)cc(NC[C@@H]3CCO[C@H](F)C3)nc12. The number of piperidine rings is 1. The molecule has 4 fully saturated rings. The third-order valence-electron chi connectivity index (χ3n) is 9.79. The number of nitrogens with zero attached hydrogens (tertiary/aromatic N) is 6. The Morgan fingerprint density at radius 2 is 1.96 bits per heavy atom. The predicted octanol–water partition coefficient (Wildman–Crippen LogP) is 4.25. The van der Waals surface area contributed by atoms with E-state index in [4.69, 9.17) is 14.5 Å². The van der Waals surface area contributed by atoms with Crippen molar-refractivity contribution in [1.29, 1.82) is 0 Å². The Labute approximate surface area is 270 Å². The van der Waals surface area contributed by atoms with Crippen molar-refractivity contribution in [2.75, 3.05) is 57.5 Å². The van der Waals surface area contributed by atoms with Crippen LogP contribution < -0.4 is 10.6 Å². The van der Waals surface area contributed by atoms with E-state index >= 15 is 0 Å². The molecule has 252 valence electrons. The molecule has 0 unspecified atom stereocenters. The van der Waals surface area contributed by atoms with Gasteiger partial charge in [-0.05, 0) is 58.0 Å². The van der Waals surface area contributed by atoms with Crippen molar-refractivity contribution in [3.63, 3.8) is 0 Å². The number of likely N-dealkylation sites (N-methyl/N-ethyl adjacent to an activating group) is 1. The quantitative estimate of drug-likeness (QED) is 0.368. The summed E-state index contributed by atoms with van der Waals surface area (Å²) in [5, 5.41) is 11.9. The van der Waals surface area contributed by atoms with E-state index in [-0.39, 0.29) is 48.1 Å². The number of fused-ring (bicyclic) bond motifs is 3. The monoisotopic (exact) mass is 640 g/mol. The number of anilines is 2. The van der Waals surface area contributed by atoms with Crippen LogP contribution in [0.4, 0.5) is 20.8 Å². The molecule has 0 aliphatic carbocycles. The van der Waals surface area contributed by atoms with Crippen LogP contribution in [0.2, 0.25) is 0 Å². The van der Waals surface area contributed by atoms with E-state index in [2.05, 4.69) is 29.6 Å². The molecular weight excluding hydrogens is 591 g/mol. The summed E-state index contributed by atoms with van der Waals surface area (Å²) in [4.78, 5) is 36.6. The van der Waals surface area contributed by atoms with E-state index in [0.717, 1.165) is 55.0 Å². The minimum absolute atomic E-state index is 0.0365. The van der Waals surface area contributed by atoms with Gasteiger partial charge in [-0.3, -0.25) is 4.79 Å². The lowest BCUT2D eigenvalue weighted by atomic mass is 9.97. The standard InChI is InChI=1S/C33H49FN8O4/c1-21(2)27-19-36-42-30(17-29(38-32(27)42)35-18-22-10-13-45-28(34)14-22)37-23-15-24-7-8-25(16-23)41(24)33(44)46-26-9-12-40(20-26)31(43)6-5-11-39(3)4/h5-6,17,19,21-26,28,37H,7-16,18,20H2,1-4H3,(H,35,38)/b6-5+/t22-,24-,25-,26-,28+/m1/s1. The van der Waals surface area contributed by atoms with Crippen molar-refractivity contribution >= 4 is 29.3 Å². The van der Waals surface area contributed by atoms with E-state index < -0.39 is 6.36 Å². The van der Waals surface area contributed by atoms with Crippen molar-refractivity contribution in [1.82, 2.24) is 29.3 Å². The topological polar surface area (TPSA) is 117 Å². The number of hydrogen-bond donors (Lipinski definition) is 2. The molecule has 0 radical (unpaired) electrons. The number of halogens is 1. The molecule has 2 amide bonds. The number of alkyl halides is 1. The van der Waals surface area contributed by atoms with Gasteiger partial charge in [-0.2, -0.15) is 9.61 Å². The van der Waals surface area contributed by atoms with Crippen LogP contribution in [0.25, 0.3) is 5.65 Å². The van der Waals surface area contributed by atoms with Gasteiger partial charge in [0.25, 0.3) is 0 Å². The van der Waals surface area contributed by atoms with Crippen LogP contribution in [0.5, 0.6) is 0 Å². The fourth-order valence-electron chi connectivity index (χ4n) is 7.33. The molecule has 0 spiro atoms. The number of likely N-dealkylation sites (tertiary alicyclic amines) is 1. The molecule has 2 bridgehead atoms. The molecule has 13 heteroatoms. The first-order valence-corrected chi connectivity index (χ1v) is 16.9. The van der Waals surface area contributed by atoms with E-state index in [0.29, 0.717) is 45.6 Å². The van der Waals surface area contributed by atoms with Gasteiger partial charge >= 0.3 is 6.09 Å². The van der Waals surface area contributed by atoms with Gasteiger partial charge in [0, 0.05) is 68.3 Å². The lowest BCUT2D eigenvalue weighted by molar-refractivity contribution is -0.125. The zero-order chi connectivity index (χ0) is 32.4. The summed E-state index contributed by atoms with van der Waals surface area (Å²) in [5.74, 6) is 1.99. The van der Waals surface area contributed by atoms with Gasteiger partial charge in [-0.25, -0.2) is 14.2 Å². The number of nitrogens with one attached hydrogen (secondary N) is 2. The third-order valence-corrected chi connectivity index (χ3v) is 9.79. The largest absolute Gasteiger partial charge is 0.444 e. The average molecular weight is 641 g/mol. The van der Waals surface area contributed by atoms with Crippen molar-refractivity contribution in [2.45, 2.75) is 95.3 Å². The highest BCUT2D eigenvalue weighted by molar-refractivity contribution is 5.87. The normalized spacial score (nSPS) is 28.2. The molecule has 4 saturated heterocycles. The van der Waals surface area contributed by atoms with E-state index in [1.54, 1.807) is 11.0 Å². The Kier molecular flexibility index (Phi) is 9.98. The molecule has 0 saturated carbocycles. The Hall–Kier alpha value is -3.45. The smallest absolute Gasteiger partial charge is 0.410 e. The summed E-state index contributed by atoms with van der Waals surface area (Å²) in [7, 11) is 3.92. The van der Waals surface area contributed by atoms with Gasteiger partial charge in [0.2, 0.25) is 5.91 Å². The lowest BCUT2D eigenvalue weighted by Crippen LogP contribution is -2.50. The number of carbonyl (C=O) groups is 2. The highest BCUT2D eigenvalue weighted by atomic mass is 19.1. The number of carbonyl (C=O) groups excluding carboxylic acids is 2. The van der Waals surface area contributed by atoms with Crippen LogP contribution in [-0.4, -0.2) is 119 Å². The molecule has 12 nitrogen and oxygen atoms in total. The maximum absolute atomic E-state index is 13.8. The molecule has 6 rings (SSSR count). The van der Waals surface area contributed by atoms with Crippen LogP contribution in [0.3, 0.4) is 0 Å². The zero-order valence-electron chi connectivity index (χ0n) is 27.5. The summed E-state index contributed by atoms with van der Waals surface area (Å²) < 4.78 is 26.7. The molecule has 4 aliphatic rings. The van der Waals surface area contributed by atoms with Crippen LogP contribution in [0, 0.1) is 5.92 Å². The number of aromatic nitrogens is 3. The number of rotatable bonds is 10. The second kappa shape index (κ2) is 14.1. The third kappa shape index (κ3) is 7.41. The van der Waals surface area contributed by atoms with Crippen LogP contribution in [0.15, 0.2) is 24.4 Å². The van der Waals surface area contributed by atoms with E-state index in [1.807, 2.05) is 46.7 Å². The summed E-state index contributed by atoms with van der Waals surface area (Å²) in [6.45, 7) is 7.06. The molecule has 0 aromatic carbocycles. The first-order chi connectivity index (χ1) is 22.1. The van der Waals surface area contributed by atoms with Gasteiger partial charge in [-0.15, -0.1) is 0 Å². The van der Waals surface area contributed by atoms with E-state index in [1.165, 1.54) is 0 Å². The molecule has 5 atom stereocenters. The predicted molar refractivity (Wildman–Crippen MR) is 174 cm³/mol. The number of hydrogen-bond acceptors (Lipinski definition) is 9. The summed E-state index contributed by atoms with van der Waals surface area (Å²) in [5.41, 5.74) is 1.87. The molecule has 6 heterocycles. The highest BCUT2D eigenvalue weighted by Gasteiger charge is 2.45. The Morgan fingerprint density at radius 3 is 2.67 bits per heavy atom. The maximum Gasteiger partial charge on any atom is 0.410 e. The second-order valence-electron chi connectivity index (χ2n) is 13.9. The van der Waals surface area contributed by atoms with Gasteiger partial charge in [0.15, 0.2) is 12.0 Å². The van der Waals surface area contributed by atoms with Gasteiger partial charge in [-0.1, -0.05) is 19.9 Å². The van der Waals surface area contributed by atoms with Crippen LogP contribution in [0.1, 0.15) is 70.3 Å². The molecule has 2 aromatic rings. The van der Waals surface area contributed by atoms with Gasteiger partial charge in [0.05, 0.1) is 19.3 Å². The second-order valence-corrected chi connectivity index (χ2v) is 13.9. The number of ether oxygens (including phenoxy) is 2. The van der Waals surface area contributed by atoms with Crippen LogP contribution in [-0.2, 0) is 14.3 Å². The molecular formula is C33H49FN8O4. The van der Waals surface area contributed by atoms with Gasteiger partial charge < -0.3 is 34.8 Å².